The minimum Gasteiger partial charge on any atom is -0.357 e. The van der Waals surface area contributed by atoms with Crippen molar-refractivity contribution in [2.75, 3.05) is 18.0 Å². The van der Waals surface area contributed by atoms with Gasteiger partial charge in [-0.05, 0) is 50.2 Å². The molecule has 1 aromatic heterocycles. The van der Waals surface area contributed by atoms with Gasteiger partial charge in [-0.15, -0.1) is 0 Å². The molecule has 20 heavy (non-hydrogen) atoms. The lowest BCUT2D eigenvalue weighted by Gasteiger charge is -2.32. The molecule has 0 radical (unpaired) electrons. The van der Waals surface area contributed by atoms with Crippen LogP contribution in [-0.4, -0.2) is 24.1 Å². The maximum absolute atomic E-state index is 6.27. The van der Waals surface area contributed by atoms with Crippen LogP contribution in [0.4, 0.5) is 5.82 Å². The number of halogens is 1. The normalized spacial score (nSPS) is 18.9. The van der Waals surface area contributed by atoms with Gasteiger partial charge in [-0.3, -0.25) is 0 Å². The van der Waals surface area contributed by atoms with Crippen molar-refractivity contribution in [3.63, 3.8) is 0 Å². The number of rotatable bonds is 7. The highest BCUT2D eigenvalue weighted by atomic mass is 35.5. The lowest BCUT2D eigenvalue weighted by atomic mass is 9.85. The Labute approximate surface area is 126 Å². The van der Waals surface area contributed by atoms with E-state index >= 15 is 0 Å². The van der Waals surface area contributed by atoms with E-state index < -0.39 is 0 Å². The van der Waals surface area contributed by atoms with E-state index in [2.05, 4.69) is 28.2 Å². The first kappa shape index (κ1) is 14.2. The third-order valence-electron chi connectivity index (χ3n) is 4.49. The van der Waals surface area contributed by atoms with E-state index in [0.29, 0.717) is 6.04 Å². The predicted octanol–water partition coefficient (Wildman–Crippen LogP) is 3.61. The lowest BCUT2D eigenvalue weighted by Crippen LogP contribution is -2.33. The van der Waals surface area contributed by atoms with E-state index in [1.807, 2.05) is 6.20 Å². The Balaban J connectivity index is 1.67. The standard InChI is InChI=1S/C16H24ClN3/c1-2-20(11-12-4-3-5-12)16-8-13(15(17)10-19-16)9-18-14-6-7-14/h8,10,12,14,18H,2-7,9,11H2,1H3. The zero-order chi connectivity index (χ0) is 13.9. The van der Waals surface area contributed by atoms with E-state index in [-0.39, 0.29) is 0 Å². The van der Waals surface area contributed by atoms with Gasteiger partial charge in [0.15, 0.2) is 0 Å². The lowest BCUT2D eigenvalue weighted by molar-refractivity contribution is 0.318. The fraction of sp³-hybridized carbons (Fsp3) is 0.688. The number of nitrogens with one attached hydrogen (secondary N) is 1. The van der Waals surface area contributed by atoms with E-state index in [0.717, 1.165) is 36.4 Å². The fourth-order valence-corrected chi connectivity index (χ4v) is 2.86. The van der Waals surface area contributed by atoms with Crippen molar-refractivity contribution >= 4 is 17.4 Å². The molecule has 1 aromatic rings. The van der Waals surface area contributed by atoms with Crippen LogP contribution in [0.25, 0.3) is 0 Å². The van der Waals surface area contributed by atoms with Gasteiger partial charge >= 0.3 is 0 Å². The Morgan fingerprint density at radius 3 is 2.75 bits per heavy atom. The Bertz CT molecular complexity index is 455. The van der Waals surface area contributed by atoms with Gasteiger partial charge in [0.05, 0.1) is 5.02 Å². The monoisotopic (exact) mass is 293 g/mol. The molecule has 0 amide bonds. The molecule has 2 saturated carbocycles. The van der Waals surface area contributed by atoms with E-state index in [4.69, 9.17) is 11.6 Å². The molecule has 4 heteroatoms. The molecule has 0 aromatic carbocycles. The molecule has 2 aliphatic carbocycles. The molecule has 0 atom stereocenters. The van der Waals surface area contributed by atoms with Gasteiger partial charge in [0.25, 0.3) is 0 Å². The van der Waals surface area contributed by atoms with Gasteiger partial charge in [-0.25, -0.2) is 4.98 Å². The van der Waals surface area contributed by atoms with Gasteiger partial charge in [-0.2, -0.15) is 0 Å². The van der Waals surface area contributed by atoms with Crippen LogP contribution in [0.5, 0.6) is 0 Å². The van der Waals surface area contributed by atoms with E-state index in [1.54, 1.807) is 0 Å². The second kappa shape index (κ2) is 6.31. The minimum absolute atomic E-state index is 0.708. The third-order valence-corrected chi connectivity index (χ3v) is 4.83. The maximum atomic E-state index is 6.27. The van der Waals surface area contributed by atoms with Crippen LogP contribution < -0.4 is 10.2 Å². The third kappa shape index (κ3) is 3.44. The quantitative estimate of drug-likeness (QED) is 0.832. The summed E-state index contributed by atoms with van der Waals surface area (Å²) < 4.78 is 0. The van der Waals surface area contributed by atoms with Crippen LogP contribution in [-0.2, 0) is 6.54 Å². The van der Waals surface area contributed by atoms with Crippen molar-refractivity contribution in [1.82, 2.24) is 10.3 Å². The van der Waals surface area contributed by atoms with Crippen molar-refractivity contribution < 1.29 is 0 Å². The van der Waals surface area contributed by atoms with Crippen LogP contribution in [0.15, 0.2) is 12.3 Å². The molecule has 0 unspecified atom stereocenters. The first-order valence-electron chi connectivity index (χ1n) is 7.89. The number of nitrogens with zero attached hydrogens (tertiary/aromatic N) is 2. The van der Waals surface area contributed by atoms with Crippen LogP contribution in [0.1, 0.15) is 44.6 Å². The Morgan fingerprint density at radius 2 is 2.15 bits per heavy atom. The molecule has 3 nitrogen and oxygen atoms in total. The summed E-state index contributed by atoms with van der Waals surface area (Å²) in [6.45, 7) is 5.22. The molecular formula is C16H24ClN3. The fourth-order valence-electron chi connectivity index (χ4n) is 2.69. The number of pyridine rings is 1. The Morgan fingerprint density at radius 1 is 1.35 bits per heavy atom. The zero-order valence-electron chi connectivity index (χ0n) is 12.2. The van der Waals surface area contributed by atoms with Crippen molar-refractivity contribution in [2.24, 2.45) is 5.92 Å². The van der Waals surface area contributed by atoms with Crippen molar-refractivity contribution in [3.05, 3.63) is 22.8 Å². The highest BCUT2D eigenvalue weighted by Gasteiger charge is 2.22. The Hall–Kier alpha value is -0.800. The summed E-state index contributed by atoms with van der Waals surface area (Å²) >= 11 is 6.27. The molecule has 0 saturated heterocycles. The summed E-state index contributed by atoms with van der Waals surface area (Å²) in [6, 6.07) is 2.87. The van der Waals surface area contributed by atoms with E-state index in [9.17, 15) is 0 Å². The van der Waals surface area contributed by atoms with E-state index in [1.165, 1.54) is 37.7 Å². The van der Waals surface area contributed by atoms with Gasteiger partial charge < -0.3 is 10.2 Å². The summed E-state index contributed by atoms with van der Waals surface area (Å²) in [5, 5.41) is 4.31. The molecular weight excluding hydrogens is 270 g/mol. The summed E-state index contributed by atoms with van der Waals surface area (Å²) in [6.07, 6.45) is 8.56. The first-order valence-corrected chi connectivity index (χ1v) is 8.26. The van der Waals surface area contributed by atoms with Gasteiger partial charge in [-0.1, -0.05) is 18.0 Å². The zero-order valence-corrected chi connectivity index (χ0v) is 13.0. The second-order valence-electron chi connectivity index (χ2n) is 6.12. The predicted molar refractivity (Wildman–Crippen MR) is 84.3 cm³/mol. The highest BCUT2D eigenvalue weighted by Crippen LogP contribution is 2.29. The molecule has 0 aliphatic heterocycles. The molecule has 1 heterocycles. The smallest absolute Gasteiger partial charge is 0.128 e. The number of hydrogen-bond donors (Lipinski definition) is 1. The van der Waals surface area contributed by atoms with Crippen LogP contribution in [0.2, 0.25) is 5.02 Å². The first-order chi connectivity index (χ1) is 9.76. The highest BCUT2D eigenvalue weighted by molar-refractivity contribution is 6.31. The molecule has 110 valence electrons. The molecule has 3 rings (SSSR count). The summed E-state index contributed by atoms with van der Waals surface area (Å²) in [7, 11) is 0. The van der Waals surface area contributed by atoms with Crippen molar-refractivity contribution in [3.8, 4) is 0 Å². The topological polar surface area (TPSA) is 28.2 Å². The van der Waals surface area contributed by atoms with Crippen LogP contribution in [0, 0.1) is 5.92 Å². The molecule has 2 aliphatic rings. The van der Waals surface area contributed by atoms with Crippen molar-refractivity contribution in [1.29, 1.82) is 0 Å². The largest absolute Gasteiger partial charge is 0.357 e. The van der Waals surface area contributed by atoms with Crippen LogP contribution >= 0.6 is 11.6 Å². The molecule has 2 fully saturated rings. The van der Waals surface area contributed by atoms with Crippen LogP contribution in [0.3, 0.4) is 0 Å². The average molecular weight is 294 g/mol. The minimum atomic E-state index is 0.708. The number of anilines is 1. The summed E-state index contributed by atoms with van der Waals surface area (Å²) in [5.74, 6) is 1.94. The summed E-state index contributed by atoms with van der Waals surface area (Å²) in [5.41, 5.74) is 1.18. The SMILES string of the molecule is CCN(CC1CCC1)c1cc(CNC2CC2)c(Cl)cn1. The molecule has 1 N–H and O–H groups in total. The van der Waals surface area contributed by atoms with Gasteiger partial charge in [0.1, 0.15) is 5.82 Å². The van der Waals surface area contributed by atoms with Crippen molar-refractivity contribution in [2.45, 2.75) is 51.6 Å². The Kier molecular flexibility index (Phi) is 4.47. The second-order valence-corrected chi connectivity index (χ2v) is 6.53. The average Bonchev–Trinajstić information content (AvgIpc) is 3.21. The van der Waals surface area contributed by atoms with Gasteiger partial charge in [0, 0.05) is 31.9 Å². The number of aromatic nitrogens is 1. The maximum Gasteiger partial charge on any atom is 0.128 e. The molecule has 0 spiro atoms. The molecule has 0 bridgehead atoms. The summed E-state index contributed by atoms with van der Waals surface area (Å²) in [4.78, 5) is 6.92. The van der Waals surface area contributed by atoms with Gasteiger partial charge in [0.2, 0.25) is 0 Å². The number of hydrogen-bond acceptors (Lipinski definition) is 3.